The predicted octanol–water partition coefficient (Wildman–Crippen LogP) is 4.49. The summed E-state index contributed by atoms with van der Waals surface area (Å²) in [5, 5.41) is 0. The van der Waals surface area contributed by atoms with Crippen LogP contribution in [0.4, 0.5) is 0 Å². The van der Waals surface area contributed by atoms with Crippen molar-refractivity contribution in [2.45, 2.75) is 89.8 Å². The van der Waals surface area contributed by atoms with Crippen molar-refractivity contribution in [1.29, 1.82) is 0 Å². The Labute approximate surface area is 145 Å². The molecule has 2 rings (SSSR count). The molecule has 136 valence electrons. The first-order valence-electron chi connectivity index (χ1n) is 9.53. The lowest BCUT2D eigenvalue weighted by Gasteiger charge is -2.01. The number of esters is 1. The first-order chi connectivity index (χ1) is 11.8. The molecule has 0 spiro atoms. The molecule has 2 heterocycles. The van der Waals surface area contributed by atoms with Crippen molar-refractivity contribution in [2.24, 2.45) is 0 Å². The zero-order valence-electron chi connectivity index (χ0n) is 15.2. The number of hydrogen-bond acceptors (Lipinski definition) is 4. The van der Waals surface area contributed by atoms with Gasteiger partial charge in [0.1, 0.15) is 5.82 Å². The van der Waals surface area contributed by atoms with Crippen LogP contribution in [0, 0.1) is 0 Å². The number of unbranched alkanes of at least 4 members (excludes halogenated alkanes) is 9. The summed E-state index contributed by atoms with van der Waals surface area (Å²) in [6.07, 6.45) is 15.6. The van der Waals surface area contributed by atoms with Crippen LogP contribution in [-0.2, 0) is 20.7 Å². The van der Waals surface area contributed by atoms with E-state index in [-0.39, 0.29) is 12.1 Å². The summed E-state index contributed by atoms with van der Waals surface area (Å²) in [7, 11) is 1.37. The van der Waals surface area contributed by atoms with Crippen LogP contribution < -0.4 is 0 Å². The molecule has 1 saturated heterocycles. The highest BCUT2D eigenvalue weighted by atomic mass is 16.6. The number of imidazole rings is 1. The van der Waals surface area contributed by atoms with Gasteiger partial charge in [-0.15, -0.1) is 0 Å². The van der Waals surface area contributed by atoms with E-state index in [9.17, 15) is 4.79 Å². The van der Waals surface area contributed by atoms with Crippen LogP contribution in [-0.4, -0.2) is 29.2 Å². The van der Waals surface area contributed by atoms with E-state index in [4.69, 9.17) is 4.74 Å². The standard InChI is InChI=1S/C19H32N2O3/c1-3-4-5-6-7-8-9-10-11-12-13-15-14-20-18(21-15)16-17(24-16)19(22)23-2/h14,16-17H,3-13H2,1-2H3,(H,20,21). The van der Waals surface area contributed by atoms with Gasteiger partial charge in [-0.25, -0.2) is 9.78 Å². The van der Waals surface area contributed by atoms with Gasteiger partial charge in [0.05, 0.1) is 12.8 Å². The monoisotopic (exact) mass is 336 g/mol. The quantitative estimate of drug-likeness (QED) is 0.327. The Morgan fingerprint density at radius 1 is 1.12 bits per heavy atom. The van der Waals surface area contributed by atoms with Crippen molar-refractivity contribution in [3.8, 4) is 0 Å². The van der Waals surface area contributed by atoms with Crippen molar-refractivity contribution in [2.75, 3.05) is 7.11 Å². The highest BCUT2D eigenvalue weighted by Crippen LogP contribution is 2.37. The maximum absolute atomic E-state index is 11.3. The summed E-state index contributed by atoms with van der Waals surface area (Å²) in [5.41, 5.74) is 1.06. The lowest BCUT2D eigenvalue weighted by molar-refractivity contribution is -0.142. The Morgan fingerprint density at radius 2 is 1.75 bits per heavy atom. The molecule has 0 radical (unpaired) electrons. The molecule has 0 saturated carbocycles. The zero-order valence-corrected chi connectivity index (χ0v) is 15.2. The van der Waals surface area contributed by atoms with Gasteiger partial charge in [-0.05, 0) is 12.8 Å². The average molecular weight is 336 g/mol. The third-order valence-corrected chi connectivity index (χ3v) is 4.63. The van der Waals surface area contributed by atoms with Gasteiger partial charge in [-0.1, -0.05) is 64.7 Å². The molecule has 1 N–H and O–H groups in total. The fraction of sp³-hybridized carbons (Fsp3) is 0.789. The van der Waals surface area contributed by atoms with Gasteiger partial charge in [0, 0.05) is 6.20 Å². The first-order valence-corrected chi connectivity index (χ1v) is 9.53. The van der Waals surface area contributed by atoms with Crippen LogP contribution in [0.2, 0.25) is 0 Å². The van der Waals surface area contributed by atoms with Gasteiger partial charge >= 0.3 is 5.97 Å². The van der Waals surface area contributed by atoms with Crippen molar-refractivity contribution in [3.63, 3.8) is 0 Å². The number of methoxy groups -OCH3 is 1. The molecule has 1 aliphatic heterocycles. The number of carbonyl (C=O) groups is 1. The second-order valence-electron chi connectivity index (χ2n) is 6.71. The van der Waals surface area contributed by atoms with E-state index in [0.29, 0.717) is 0 Å². The minimum Gasteiger partial charge on any atom is -0.467 e. The number of aryl methyl sites for hydroxylation is 1. The number of epoxide rings is 1. The Balaban J connectivity index is 1.49. The van der Waals surface area contributed by atoms with Crippen LogP contribution in [0.1, 0.15) is 88.8 Å². The largest absolute Gasteiger partial charge is 0.467 e. The Hall–Kier alpha value is -1.36. The summed E-state index contributed by atoms with van der Waals surface area (Å²) < 4.78 is 9.97. The molecule has 2 atom stereocenters. The lowest BCUT2D eigenvalue weighted by Crippen LogP contribution is -2.09. The molecule has 0 aromatic carbocycles. The highest BCUT2D eigenvalue weighted by Gasteiger charge is 2.49. The third kappa shape index (κ3) is 6.27. The van der Waals surface area contributed by atoms with Crippen LogP contribution in [0.15, 0.2) is 6.20 Å². The van der Waals surface area contributed by atoms with Crippen molar-refractivity contribution >= 4 is 5.97 Å². The summed E-state index contributed by atoms with van der Waals surface area (Å²) >= 11 is 0. The Bertz CT molecular complexity index is 487. The van der Waals surface area contributed by atoms with Crippen LogP contribution in [0.5, 0.6) is 0 Å². The normalized spacial score (nSPS) is 19.4. The number of nitrogens with one attached hydrogen (secondary N) is 1. The molecular formula is C19H32N2O3. The van der Waals surface area contributed by atoms with Crippen LogP contribution >= 0.6 is 0 Å². The van der Waals surface area contributed by atoms with E-state index in [1.165, 1.54) is 71.3 Å². The van der Waals surface area contributed by atoms with E-state index in [0.717, 1.165) is 17.9 Å². The molecule has 0 aliphatic carbocycles. The molecule has 5 heteroatoms. The second-order valence-corrected chi connectivity index (χ2v) is 6.71. The highest BCUT2D eigenvalue weighted by molar-refractivity contribution is 5.78. The molecular weight excluding hydrogens is 304 g/mol. The number of aromatic nitrogens is 2. The van der Waals surface area contributed by atoms with E-state index in [1.54, 1.807) is 0 Å². The molecule has 1 aromatic rings. The topological polar surface area (TPSA) is 67.5 Å². The Kier molecular flexibility index (Phi) is 8.29. The van der Waals surface area contributed by atoms with E-state index >= 15 is 0 Å². The number of rotatable bonds is 13. The molecule has 0 amide bonds. The maximum Gasteiger partial charge on any atom is 0.338 e. The summed E-state index contributed by atoms with van der Waals surface area (Å²) in [5.74, 6) is 0.417. The molecule has 24 heavy (non-hydrogen) atoms. The number of aromatic amines is 1. The summed E-state index contributed by atoms with van der Waals surface area (Å²) in [4.78, 5) is 19.0. The molecule has 1 fully saturated rings. The van der Waals surface area contributed by atoms with Gasteiger partial charge in [0.25, 0.3) is 0 Å². The second kappa shape index (κ2) is 10.5. The molecule has 1 aromatic heterocycles. The summed E-state index contributed by atoms with van der Waals surface area (Å²) in [6.45, 7) is 2.26. The number of carbonyl (C=O) groups excluding carboxylic acids is 1. The van der Waals surface area contributed by atoms with Gasteiger partial charge in [0.15, 0.2) is 12.2 Å². The van der Waals surface area contributed by atoms with Crippen molar-refractivity contribution in [3.05, 3.63) is 17.7 Å². The Morgan fingerprint density at radius 3 is 2.38 bits per heavy atom. The number of H-pyrrole nitrogens is 1. The number of hydrogen-bond donors (Lipinski definition) is 1. The van der Waals surface area contributed by atoms with Gasteiger partial charge in [-0.3, -0.25) is 0 Å². The van der Waals surface area contributed by atoms with Gasteiger partial charge < -0.3 is 14.5 Å². The molecule has 5 nitrogen and oxygen atoms in total. The van der Waals surface area contributed by atoms with E-state index in [1.807, 2.05) is 6.20 Å². The van der Waals surface area contributed by atoms with E-state index in [2.05, 4.69) is 21.6 Å². The van der Waals surface area contributed by atoms with Crippen LogP contribution in [0.3, 0.4) is 0 Å². The molecule has 0 bridgehead atoms. The fourth-order valence-corrected chi connectivity index (χ4v) is 3.06. The van der Waals surface area contributed by atoms with Crippen LogP contribution in [0.25, 0.3) is 0 Å². The molecule has 2 unspecified atom stereocenters. The number of nitrogens with zero attached hydrogens (tertiary/aromatic N) is 1. The first kappa shape index (κ1) is 19.0. The predicted molar refractivity (Wildman–Crippen MR) is 93.8 cm³/mol. The third-order valence-electron chi connectivity index (χ3n) is 4.63. The number of ether oxygens (including phenoxy) is 2. The molecule has 1 aliphatic rings. The van der Waals surface area contributed by atoms with Gasteiger partial charge in [0.2, 0.25) is 0 Å². The lowest BCUT2D eigenvalue weighted by atomic mass is 10.1. The zero-order chi connectivity index (χ0) is 17.2. The average Bonchev–Trinajstić information content (AvgIpc) is 3.27. The van der Waals surface area contributed by atoms with E-state index < -0.39 is 6.10 Å². The van der Waals surface area contributed by atoms with Crippen molar-refractivity contribution < 1.29 is 14.3 Å². The minimum atomic E-state index is -0.480. The summed E-state index contributed by atoms with van der Waals surface area (Å²) in [6, 6.07) is 0. The minimum absolute atomic E-state index is 0.251. The maximum atomic E-state index is 11.3. The smallest absolute Gasteiger partial charge is 0.338 e. The SMILES string of the molecule is CCCCCCCCCCCCc1c[nH]c(C2OC2C(=O)OC)n1. The van der Waals surface area contributed by atoms with Gasteiger partial charge in [-0.2, -0.15) is 0 Å². The van der Waals surface area contributed by atoms with Crippen molar-refractivity contribution in [1.82, 2.24) is 9.97 Å². The fourth-order valence-electron chi connectivity index (χ4n) is 3.06.